The SMILES string of the molecule is CC[N+]1(CC(=O)O)C=CN(C)C1.F[P-](F)(F)(F)(F)F. The van der Waals surface area contributed by atoms with Gasteiger partial charge in [-0.3, -0.25) is 4.48 Å². The Labute approximate surface area is 105 Å². The molecule has 0 radical (unpaired) electrons. The van der Waals surface area contributed by atoms with Gasteiger partial charge in [0, 0.05) is 7.05 Å². The van der Waals surface area contributed by atoms with Gasteiger partial charge in [0.1, 0.15) is 6.20 Å². The normalized spacial score (nSPS) is 26.2. The van der Waals surface area contributed by atoms with E-state index >= 15 is 0 Å². The van der Waals surface area contributed by atoms with Gasteiger partial charge in [0.2, 0.25) is 0 Å². The van der Waals surface area contributed by atoms with E-state index in [-0.39, 0.29) is 6.54 Å². The second-order valence-electron chi connectivity index (χ2n) is 4.24. The molecule has 0 aliphatic carbocycles. The summed E-state index contributed by atoms with van der Waals surface area (Å²) in [5, 5.41) is 8.69. The minimum absolute atomic E-state index is 0.178. The molecule has 1 aliphatic heterocycles. The van der Waals surface area contributed by atoms with E-state index in [9.17, 15) is 30.0 Å². The number of quaternary nitrogens is 1. The zero-order valence-electron chi connectivity index (χ0n) is 10.2. The number of carboxylic acid groups (broad SMARTS) is 1. The Morgan fingerprint density at radius 1 is 1.32 bits per heavy atom. The standard InChI is InChI=1S/C8H14N2O2.F6P/c1-3-10(6-8(11)12)5-4-9(2)7-10;1-7(2,3,4,5)6/h4-5H,3,6-7H2,1-2H3;/q;-1/p+1. The number of rotatable bonds is 3. The summed E-state index contributed by atoms with van der Waals surface area (Å²) in [5.41, 5.74) is 0. The van der Waals surface area contributed by atoms with E-state index in [1.165, 1.54) is 0 Å². The Morgan fingerprint density at radius 3 is 1.95 bits per heavy atom. The van der Waals surface area contributed by atoms with Crippen LogP contribution >= 0.6 is 7.81 Å². The third kappa shape index (κ3) is 11.8. The van der Waals surface area contributed by atoms with E-state index in [4.69, 9.17) is 5.11 Å². The number of likely N-dealkylation sites (N-methyl/N-ethyl adjacent to an activating group) is 1. The average Bonchev–Trinajstić information content (AvgIpc) is 2.41. The first-order chi connectivity index (χ1) is 8.03. The molecular formula is C8H15F6N2O2P. The van der Waals surface area contributed by atoms with Crippen molar-refractivity contribution in [1.82, 2.24) is 4.90 Å². The molecule has 0 fully saturated rings. The predicted molar refractivity (Wildman–Crippen MR) is 58.6 cm³/mol. The zero-order valence-corrected chi connectivity index (χ0v) is 11.1. The third-order valence-electron chi connectivity index (χ3n) is 2.22. The topological polar surface area (TPSA) is 40.5 Å². The summed E-state index contributed by atoms with van der Waals surface area (Å²) in [5.74, 6) is -0.739. The molecule has 0 bridgehead atoms. The molecule has 116 valence electrons. The van der Waals surface area contributed by atoms with Crippen molar-refractivity contribution in [3.63, 3.8) is 0 Å². The summed E-state index contributed by atoms with van der Waals surface area (Å²) in [7, 11) is -8.71. The third-order valence-corrected chi connectivity index (χ3v) is 2.22. The quantitative estimate of drug-likeness (QED) is 0.491. The minimum atomic E-state index is -10.7. The fourth-order valence-electron chi connectivity index (χ4n) is 1.48. The fraction of sp³-hybridized carbons (Fsp3) is 0.625. The van der Waals surface area contributed by atoms with Crippen molar-refractivity contribution >= 4 is 13.8 Å². The number of halogens is 6. The Morgan fingerprint density at radius 2 is 1.74 bits per heavy atom. The maximum atomic E-state index is 10.6. The van der Waals surface area contributed by atoms with E-state index in [0.717, 1.165) is 13.2 Å². The van der Waals surface area contributed by atoms with Crippen molar-refractivity contribution in [3.8, 4) is 0 Å². The van der Waals surface area contributed by atoms with Gasteiger partial charge in [0.05, 0.1) is 12.7 Å². The number of nitrogens with zero attached hydrogens (tertiary/aromatic N) is 2. The molecule has 11 heteroatoms. The molecule has 1 heterocycles. The molecule has 1 unspecified atom stereocenters. The summed E-state index contributed by atoms with van der Waals surface area (Å²) >= 11 is 0. The molecule has 1 N–H and O–H groups in total. The Hall–Kier alpha value is -1.02. The molecule has 1 aliphatic rings. The van der Waals surface area contributed by atoms with Crippen molar-refractivity contribution in [2.75, 3.05) is 26.8 Å². The average molecular weight is 316 g/mol. The summed E-state index contributed by atoms with van der Waals surface area (Å²) in [4.78, 5) is 12.6. The van der Waals surface area contributed by atoms with Crippen molar-refractivity contribution in [1.29, 1.82) is 0 Å². The molecule has 0 spiro atoms. The maximum absolute atomic E-state index is 10.7. The second-order valence-corrected chi connectivity index (χ2v) is 6.16. The van der Waals surface area contributed by atoms with E-state index in [1.807, 2.05) is 31.3 Å². The van der Waals surface area contributed by atoms with Gasteiger partial charge < -0.3 is 10.0 Å². The van der Waals surface area contributed by atoms with Gasteiger partial charge in [-0.25, -0.2) is 4.79 Å². The van der Waals surface area contributed by atoms with Gasteiger partial charge in [-0.1, -0.05) is 0 Å². The van der Waals surface area contributed by atoms with Crippen molar-refractivity contribution in [3.05, 3.63) is 12.4 Å². The summed E-state index contributed by atoms with van der Waals surface area (Å²) < 4.78 is 59.7. The molecule has 0 saturated heterocycles. The Balaban J connectivity index is 0.000000399. The molecular weight excluding hydrogens is 301 g/mol. The van der Waals surface area contributed by atoms with E-state index in [1.54, 1.807) is 0 Å². The van der Waals surface area contributed by atoms with Crippen LogP contribution in [0.2, 0.25) is 0 Å². The molecule has 0 amide bonds. The summed E-state index contributed by atoms with van der Waals surface area (Å²) in [6, 6.07) is 0. The fourth-order valence-corrected chi connectivity index (χ4v) is 1.48. The van der Waals surface area contributed by atoms with Gasteiger partial charge in [0.25, 0.3) is 0 Å². The summed E-state index contributed by atoms with van der Waals surface area (Å²) in [6.45, 7) is 3.78. The van der Waals surface area contributed by atoms with Crippen LogP contribution < -0.4 is 0 Å². The van der Waals surface area contributed by atoms with Crippen LogP contribution in [0.4, 0.5) is 25.2 Å². The molecule has 0 saturated carbocycles. The van der Waals surface area contributed by atoms with Crippen molar-refractivity contribution in [2.45, 2.75) is 6.92 Å². The monoisotopic (exact) mass is 316 g/mol. The second kappa shape index (κ2) is 4.52. The van der Waals surface area contributed by atoms with Gasteiger partial charge in [0.15, 0.2) is 13.2 Å². The molecule has 1 rings (SSSR count). The predicted octanol–water partition coefficient (Wildman–Crippen LogP) is 3.66. The summed E-state index contributed by atoms with van der Waals surface area (Å²) in [6.07, 6.45) is 3.89. The molecule has 0 aromatic rings. The number of hydrogen-bond donors (Lipinski definition) is 1. The van der Waals surface area contributed by atoms with Crippen molar-refractivity contribution < 1.29 is 39.6 Å². The van der Waals surface area contributed by atoms with E-state index in [0.29, 0.717) is 4.48 Å². The Kier molecular flexibility index (Phi) is 4.28. The number of carboxylic acids is 1. The number of carbonyl (C=O) groups is 1. The van der Waals surface area contributed by atoms with Gasteiger partial charge in [-0.15, -0.1) is 0 Å². The van der Waals surface area contributed by atoms with Crippen LogP contribution in [-0.2, 0) is 4.79 Å². The first-order valence-corrected chi connectivity index (χ1v) is 7.09. The van der Waals surface area contributed by atoms with Crippen LogP contribution in [0, 0.1) is 0 Å². The van der Waals surface area contributed by atoms with Gasteiger partial charge in [-0.05, 0) is 6.92 Å². The van der Waals surface area contributed by atoms with Gasteiger partial charge >= 0.3 is 39.0 Å². The van der Waals surface area contributed by atoms with E-state index in [2.05, 4.69) is 0 Å². The van der Waals surface area contributed by atoms with Gasteiger partial charge in [-0.2, -0.15) is 0 Å². The van der Waals surface area contributed by atoms with Crippen LogP contribution in [0.1, 0.15) is 6.92 Å². The first kappa shape index (κ1) is 18.0. The Bertz CT molecular complexity index is 369. The molecule has 1 atom stereocenters. The van der Waals surface area contributed by atoms with Crippen LogP contribution in [-0.4, -0.2) is 47.3 Å². The van der Waals surface area contributed by atoms with Crippen LogP contribution in [0.25, 0.3) is 0 Å². The van der Waals surface area contributed by atoms with Crippen LogP contribution in [0.5, 0.6) is 0 Å². The van der Waals surface area contributed by atoms with E-state index < -0.39 is 13.8 Å². The first-order valence-electron chi connectivity index (χ1n) is 5.06. The molecule has 4 nitrogen and oxygen atoms in total. The molecule has 0 aromatic heterocycles. The van der Waals surface area contributed by atoms with Crippen molar-refractivity contribution in [2.24, 2.45) is 0 Å². The number of aliphatic carboxylic acids is 1. The molecule has 0 aromatic carbocycles. The van der Waals surface area contributed by atoms with Crippen LogP contribution in [0.3, 0.4) is 0 Å². The van der Waals surface area contributed by atoms with Crippen LogP contribution in [0.15, 0.2) is 12.4 Å². The number of hydrogen-bond acceptors (Lipinski definition) is 2. The zero-order chi connectivity index (χ0) is 15.6. The molecule has 19 heavy (non-hydrogen) atoms.